The lowest BCUT2D eigenvalue weighted by Crippen LogP contribution is -2.31. The number of benzene rings is 1. The van der Waals surface area contributed by atoms with E-state index in [1.54, 1.807) is 14.0 Å². The first-order valence-electron chi connectivity index (χ1n) is 6.40. The van der Waals surface area contributed by atoms with E-state index in [0.717, 1.165) is 11.1 Å². The molecule has 1 aromatic carbocycles. The standard InChI is InChI=1S/C14H18N4O2/c1-11(18-10-15-9-17-18)14(19)16-7-12-5-3-4-6-13(12)8-20-2/h3-6,9-11H,7-8H2,1-2H3,(H,16,19)/t11-/m1/s1. The van der Waals surface area contributed by atoms with Crippen LogP contribution in [-0.2, 0) is 22.7 Å². The first-order valence-corrected chi connectivity index (χ1v) is 6.40. The van der Waals surface area contributed by atoms with E-state index in [9.17, 15) is 4.79 Å². The third-order valence-corrected chi connectivity index (χ3v) is 3.08. The Bertz CT molecular complexity index is 554. The van der Waals surface area contributed by atoms with Crippen molar-refractivity contribution in [1.29, 1.82) is 0 Å². The van der Waals surface area contributed by atoms with Crippen LogP contribution >= 0.6 is 0 Å². The maximum atomic E-state index is 12.1. The summed E-state index contributed by atoms with van der Waals surface area (Å²) in [6.07, 6.45) is 2.95. The van der Waals surface area contributed by atoms with Crippen LogP contribution in [0.15, 0.2) is 36.9 Å². The number of nitrogens with zero attached hydrogens (tertiary/aromatic N) is 3. The molecule has 0 aliphatic carbocycles. The number of nitrogens with one attached hydrogen (secondary N) is 1. The number of carbonyl (C=O) groups excluding carboxylic acids is 1. The van der Waals surface area contributed by atoms with Crippen molar-refractivity contribution in [2.75, 3.05) is 7.11 Å². The molecule has 2 rings (SSSR count). The zero-order valence-corrected chi connectivity index (χ0v) is 11.6. The normalized spacial score (nSPS) is 12.1. The Morgan fingerprint density at radius 3 is 2.80 bits per heavy atom. The van der Waals surface area contributed by atoms with Crippen LogP contribution in [0.4, 0.5) is 0 Å². The number of ether oxygens (including phenoxy) is 1. The summed E-state index contributed by atoms with van der Waals surface area (Å²) in [6, 6.07) is 7.49. The summed E-state index contributed by atoms with van der Waals surface area (Å²) in [5.74, 6) is -0.0947. The SMILES string of the molecule is COCc1ccccc1CNC(=O)[C@@H](C)n1cncn1. The molecule has 1 aromatic heterocycles. The summed E-state index contributed by atoms with van der Waals surface area (Å²) in [5.41, 5.74) is 2.12. The topological polar surface area (TPSA) is 69.0 Å². The fourth-order valence-corrected chi connectivity index (χ4v) is 1.89. The van der Waals surface area contributed by atoms with E-state index < -0.39 is 0 Å². The van der Waals surface area contributed by atoms with Gasteiger partial charge in [0.2, 0.25) is 5.91 Å². The highest BCUT2D eigenvalue weighted by atomic mass is 16.5. The molecule has 1 amide bonds. The third kappa shape index (κ3) is 3.42. The maximum absolute atomic E-state index is 12.1. The van der Waals surface area contributed by atoms with Gasteiger partial charge in [0.05, 0.1) is 6.61 Å². The van der Waals surface area contributed by atoms with Crippen LogP contribution in [0.1, 0.15) is 24.1 Å². The molecule has 0 spiro atoms. The van der Waals surface area contributed by atoms with Gasteiger partial charge in [0.25, 0.3) is 0 Å². The van der Waals surface area contributed by atoms with Crippen molar-refractivity contribution in [3.63, 3.8) is 0 Å². The lowest BCUT2D eigenvalue weighted by Gasteiger charge is -2.14. The van der Waals surface area contributed by atoms with E-state index in [0.29, 0.717) is 13.2 Å². The Kier molecular flexibility index (Phi) is 4.84. The first-order chi connectivity index (χ1) is 9.72. The van der Waals surface area contributed by atoms with Crippen LogP contribution < -0.4 is 5.32 Å². The Morgan fingerprint density at radius 2 is 2.15 bits per heavy atom. The second-order valence-electron chi connectivity index (χ2n) is 4.47. The number of rotatable bonds is 6. The van der Waals surface area contributed by atoms with Gasteiger partial charge in [-0.2, -0.15) is 5.10 Å². The van der Waals surface area contributed by atoms with E-state index in [1.165, 1.54) is 17.3 Å². The van der Waals surface area contributed by atoms with E-state index >= 15 is 0 Å². The fourth-order valence-electron chi connectivity index (χ4n) is 1.89. The molecule has 0 aliphatic rings. The van der Waals surface area contributed by atoms with Crippen LogP contribution in [0.25, 0.3) is 0 Å². The van der Waals surface area contributed by atoms with Crippen molar-refractivity contribution >= 4 is 5.91 Å². The smallest absolute Gasteiger partial charge is 0.244 e. The third-order valence-electron chi connectivity index (χ3n) is 3.08. The molecule has 2 aromatic rings. The van der Waals surface area contributed by atoms with Crippen LogP contribution in [0, 0.1) is 0 Å². The molecule has 0 saturated heterocycles. The minimum atomic E-state index is -0.382. The van der Waals surface area contributed by atoms with Crippen molar-refractivity contribution in [3.8, 4) is 0 Å². The van der Waals surface area contributed by atoms with Crippen molar-refractivity contribution in [2.45, 2.75) is 26.1 Å². The van der Waals surface area contributed by atoms with Crippen LogP contribution in [-0.4, -0.2) is 27.8 Å². The molecule has 0 aliphatic heterocycles. The Morgan fingerprint density at radius 1 is 1.40 bits per heavy atom. The van der Waals surface area contributed by atoms with Gasteiger partial charge in [0.15, 0.2) is 0 Å². The van der Waals surface area contributed by atoms with Gasteiger partial charge in [-0.05, 0) is 18.1 Å². The molecule has 1 N–H and O–H groups in total. The van der Waals surface area contributed by atoms with E-state index in [4.69, 9.17) is 4.74 Å². The number of amides is 1. The molecular weight excluding hydrogens is 256 g/mol. The maximum Gasteiger partial charge on any atom is 0.244 e. The second-order valence-corrected chi connectivity index (χ2v) is 4.47. The van der Waals surface area contributed by atoms with Gasteiger partial charge in [0, 0.05) is 13.7 Å². The Labute approximate surface area is 117 Å². The minimum absolute atomic E-state index is 0.0947. The average Bonchev–Trinajstić information content (AvgIpc) is 2.99. The summed E-state index contributed by atoms with van der Waals surface area (Å²) >= 11 is 0. The number of hydrogen-bond acceptors (Lipinski definition) is 4. The molecule has 1 atom stereocenters. The molecule has 0 unspecified atom stereocenters. The molecule has 0 radical (unpaired) electrons. The number of hydrogen-bond donors (Lipinski definition) is 1. The molecule has 6 heteroatoms. The summed E-state index contributed by atoms with van der Waals surface area (Å²) in [7, 11) is 1.65. The molecule has 0 saturated carbocycles. The van der Waals surface area contributed by atoms with Gasteiger partial charge in [-0.25, -0.2) is 9.67 Å². The predicted molar refractivity (Wildman–Crippen MR) is 73.7 cm³/mol. The molecule has 6 nitrogen and oxygen atoms in total. The van der Waals surface area contributed by atoms with Gasteiger partial charge in [0.1, 0.15) is 18.7 Å². The van der Waals surface area contributed by atoms with Crippen molar-refractivity contribution < 1.29 is 9.53 Å². The zero-order valence-electron chi connectivity index (χ0n) is 11.6. The van der Waals surface area contributed by atoms with Gasteiger partial charge in [-0.15, -0.1) is 0 Å². The molecule has 1 heterocycles. The zero-order chi connectivity index (χ0) is 14.4. The lowest BCUT2D eigenvalue weighted by atomic mass is 10.1. The Balaban J connectivity index is 1.96. The highest BCUT2D eigenvalue weighted by Crippen LogP contribution is 2.10. The molecule has 0 bridgehead atoms. The monoisotopic (exact) mass is 274 g/mol. The van der Waals surface area contributed by atoms with Crippen LogP contribution in [0.2, 0.25) is 0 Å². The van der Waals surface area contributed by atoms with E-state index in [2.05, 4.69) is 15.4 Å². The van der Waals surface area contributed by atoms with Crippen LogP contribution in [0.3, 0.4) is 0 Å². The van der Waals surface area contributed by atoms with Crippen molar-refractivity contribution in [1.82, 2.24) is 20.1 Å². The lowest BCUT2D eigenvalue weighted by molar-refractivity contribution is -0.124. The fraction of sp³-hybridized carbons (Fsp3) is 0.357. The summed E-state index contributed by atoms with van der Waals surface area (Å²) < 4.78 is 6.67. The van der Waals surface area contributed by atoms with Gasteiger partial charge in [-0.3, -0.25) is 4.79 Å². The van der Waals surface area contributed by atoms with Gasteiger partial charge < -0.3 is 10.1 Å². The highest BCUT2D eigenvalue weighted by Gasteiger charge is 2.15. The molecular formula is C14H18N4O2. The summed E-state index contributed by atoms with van der Waals surface area (Å²) in [5, 5.41) is 6.87. The molecule has 20 heavy (non-hydrogen) atoms. The molecule has 0 fully saturated rings. The summed E-state index contributed by atoms with van der Waals surface area (Å²) in [4.78, 5) is 15.9. The largest absolute Gasteiger partial charge is 0.380 e. The van der Waals surface area contributed by atoms with Crippen molar-refractivity contribution in [3.05, 3.63) is 48.0 Å². The first kappa shape index (κ1) is 14.2. The summed E-state index contributed by atoms with van der Waals surface area (Å²) in [6.45, 7) is 2.78. The average molecular weight is 274 g/mol. The van der Waals surface area contributed by atoms with Crippen molar-refractivity contribution in [2.24, 2.45) is 0 Å². The molecule has 106 valence electrons. The van der Waals surface area contributed by atoms with E-state index in [-0.39, 0.29) is 11.9 Å². The second kappa shape index (κ2) is 6.81. The number of aromatic nitrogens is 3. The van der Waals surface area contributed by atoms with Crippen LogP contribution in [0.5, 0.6) is 0 Å². The van der Waals surface area contributed by atoms with E-state index in [1.807, 2.05) is 24.3 Å². The Hall–Kier alpha value is -2.21. The number of carbonyl (C=O) groups is 1. The minimum Gasteiger partial charge on any atom is -0.380 e. The quantitative estimate of drug-likeness (QED) is 0.862. The highest BCUT2D eigenvalue weighted by molar-refractivity contribution is 5.79. The van der Waals surface area contributed by atoms with Gasteiger partial charge >= 0.3 is 0 Å². The van der Waals surface area contributed by atoms with Gasteiger partial charge in [-0.1, -0.05) is 24.3 Å². The number of methoxy groups -OCH3 is 1. The predicted octanol–water partition coefficient (Wildman–Crippen LogP) is 1.30.